The van der Waals surface area contributed by atoms with Crippen molar-refractivity contribution >= 4 is 54.1 Å². The summed E-state index contributed by atoms with van der Waals surface area (Å²) in [6.07, 6.45) is 1.75. The van der Waals surface area contributed by atoms with Crippen molar-refractivity contribution in [1.29, 1.82) is 0 Å². The number of amides is 1. The molecule has 0 radical (unpaired) electrons. The normalized spacial score (nSPS) is 11.5. The first-order valence-electron chi connectivity index (χ1n) is 10.0. The van der Waals surface area contributed by atoms with Gasteiger partial charge in [0.1, 0.15) is 0 Å². The lowest BCUT2D eigenvalue weighted by atomic mass is 10.0. The molecule has 1 amide bonds. The third kappa shape index (κ3) is 3.82. The topological polar surface area (TPSA) is 59.0 Å². The fourth-order valence-electron chi connectivity index (χ4n) is 3.56. The first-order valence-corrected chi connectivity index (χ1v) is 11.7. The van der Waals surface area contributed by atoms with Crippen molar-refractivity contribution in [2.24, 2.45) is 0 Å². The fraction of sp³-hybridized carbons (Fsp3) is 0.167. The molecular formula is C24H20N4OS2. The standard InChI is InChI=1S/C24H20N4OS2/c1-15(2)18-7-5-8-20-22(18)27-24(31-20)28(13-17-6-3-4-11-25-17)23(29)16-9-10-19-21(12-16)30-14-26-19/h3-12,14-15H,13H2,1-2H3. The molecule has 5 aromatic rings. The number of pyridine rings is 1. The Labute approximate surface area is 188 Å². The Balaban J connectivity index is 1.61. The highest BCUT2D eigenvalue weighted by Crippen LogP contribution is 2.35. The fourth-order valence-corrected chi connectivity index (χ4v) is 5.28. The Hall–Kier alpha value is -3.16. The molecule has 7 heteroatoms. The molecule has 0 N–H and O–H groups in total. The number of carbonyl (C=O) groups excluding carboxylic acids is 1. The van der Waals surface area contributed by atoms with Gasteiger partial charge in [-0.25, -0.2) is 9.97 Å². The zero-order valence-electron chi connectivity index (χ0n) is 17.1. The number of thiazole rings is 2. The quantitative estimate of drug-likeness (QED) is 0.320. The van der Waals surface area contributed by atoms with Crippen LogP contribution in [0.15, 0.2) is 66.3 Å². The molecule has 5 nitrogen and oxygen atoms in total. The van der Waals surface area contributed by atoms with Crippen LogP contribution in [0.4, 0.5) is 5.13 Å². The number of hydrogen-bond donors (Lipinski definition) is 0. The molecular weight excluding hydrogens is 424 g/mol. The third-order valence-corrected chi connectivity index (χ3v) is 7.00. The van der Waals surface area contributed by atoms with E-state index in [1.807, 2.05) is 36.4 Å². The van der Waals surface area contributed by atoms with Gasteiger partial charge in [0.25, 0.3) is 5.91 Å². The number of hydrogen-bond acceptors (Lipinski definition) is 6. The van der Waals surface area contributed by atoms with E-state index in [0.717, 1.165) is 26.1 Å². The predicted octanol–water partition coefficient (Wildman–Crippen LogP) is 6.27. The molecule has 0 aliphatic carbocycles. The van der Waals surface area contributed by atoms with Crippen LogP contribution in [0.3, 0.4) is 0 Å². The summed E-state index contributed by atoms with van der Waals surface area (Å²) < 4.78 is 2.08. The Kier molecular flexibility index (Phi) is 5.21. The van der Waals surface area contributed by atoms with Gasteiger partial charge in [-0.15, -0.1) is 11.3 Å². The molecule has 0 saturated carbocycles. The van der Waals surface area contributed by atoms with Gasteiger partial charge in [-0.05, 0) is 47.9 Å². The second kappa shape index (κ2) is 8.17. The van der Waals surface area contributed by atoms with Crippen molar-refractivity contribution in [3.8, 4) is 0 Å². The summed E-state index contributed by atoms with van der Waals surface area (Å²) in [6.45, 7) is 4.68. The number of anilines is 1. The van der Waals surface area contributed by atoms with Gasteiger partial charge in [0.2, 0.25) is 0 Å². The molecule has 0 unspecified atom stereocenters. The Morgan fingerprint density at radius 3 is 2.74 bits per heavy atom. The van der Waals surface area contributed by atoms with E-state index in [4.69, 9.17) is 4.98 Å². The van der Waals surface area contributed by atoms with Crippen molar-refractivity contribution in [3.05, 3.63) is 83.1 Å². The molecule has 0 spiro atoms. The van der Waals surface area contributed by atoms with Gasteiger partial charge in [0.15, 0.2) is 5.13 Å². The summed E-state index contributed by atoms with van der Waals surface area (Å²) in [5.74, 6) is 0.262. The van der Waals surface area contributed by atoms with Gasteiger partial charge in [0.05, 0.1) is 38.2 Å². The van der Waals surface area contributed by atoms with Crippen molar-refractivity contribution < 1.29 is 4.79 Å². The molecule has 5 rings (SSSR count). The summed E-state index contributed by atoms with van der Waals surface area (Å²) in [5, 5.41) is 0.683. The van der Waals surface area contributed by atoms with E-state index in [1.54, 1.807) is 27.9 Å². The van der Waals surface area contributed by atoms with Crippen LogP contribution in [-0.2, 0) is 6.54 Å². The molecule has 0 saturated heterocycles. The SMILES string of the molecule is CC(C)c1cccc2sc(N(Cc3ccccn3)C(=O)c3ccc4ncsc4c3)nc12. The minimum absolute atomic E-state index is 0.0916. The number of fused-ring (bicyclic) bond motifs is 2. The van der Waals surface area contributed by atoms with Gasteiger partial charge >= 0.3 is 0 Å². The van der Waals surface area contributed by atoms with Crippen LogP contribution in [-0.4, -0.2) is 20.9 Å². The molecule has 0 bridgehead atoms. The third-order valence-electron chi connectivity index (χ3n) is 5.16. The van der Waals surface area contributed by atoms with Gasteiger partial charge in [0, 0.05) is 11.8 Å². The largest absolute Gasteiger partial charge is 0.278 e. The number of carbonyl (C=O) groups is 1. The van der Waals surface area contributed by atoms with E-state index < -0.39 is 0 Å². The molecule has 0 aliphatic heterocycles. The Morgan fingerprint density at radius 1 is 1.03 bits per heavy atom. The average Bonchev–Trinajstić information content (AvgIpc) is 3.43. The smallest absolute Gasteiger partial charge is 0.260 e. The Morgan fingerprint density at radius 2 is 1.94 bits per heavy atom. The minimum atomic E-state index is -0.0916. The molecule has 154 valence electrons. The second-order valence-electron chi connectivity index (χ2n) is 7.59. The van der Waals surface area contributed by atoms with Gasteiger partial charge in [-0.2, -0.15) is 0 Å². The highest BCUT2D eigenvalue weighted by Gasteiger charge is 2.23. The lowest BCUT2D eigenvalue weighted by molar-refractivity contribution is 0.0985. The van der Waals surface area contributed by atoms with Crippen LogP contribution in [0.1, 0.15) is 41.4 Å². The first kappa shape index (κ1) is 19.8. The van der Waals surface area contributed by atoms with E-state index >= 15 is 0 Å². The van der Waals surface area contributed by atoms with E-state index in [0.29, 0.717) is 23.2 Å². The zero-order chi connectivity index (χ0) is 21.4. The highest BCUT2D eigenvalue weighted by molar-refractivity contribution is 7.22. The van der Waals surface area contributed by atoms with E-state index in [-0.39, 0.29) is 5.91 Å². The van der Waals surface area contributed by atoms with Crippen LogP contribution in [0.5, 0.6) is 0 Å². The molecule has 31 heavy (non-hydrogen) atoms. The number of para-hydroxylation sites is 1. The van der Waals surface area contributed by atoms with Crippen molar-refractivity contribution in [3.63, 3.8) is 0 Å². The van der Waals surface area contributed by atoms with Gasteiger partial charge in [-0.1, -0.05) is 43.4 Å². The lowest BCUT2D eigenvalue weighted by Gasteiger charge is -2.19. The second-order valence-corrected chi connectivity index (χ2v) is 9.49. The number of aromatic nitrogens is 3. The van der Waals surface area contributed by atoms with Crippen LogP contribution < -0.4 is 4.90 Å². The molecule has 2 aromatic carbocycles. The summed E-state index contributed by atoms with van der Waals surface area (Å²) in [5.41, 5.74) is 6.30. The summed E-state index contributed by atoms with van der Waals surface area (Å²) in [7, 11) is 0. The number of nitrogens with zero attached hydrogens (tertiary/aromatic N) is 4. The summed E-state index contributed by atoms with van der Waals surface area (Å²) >= 11 is 3.07. The molecule has 3 heterocycles. The molecule has 0 aliphatic rings. The van der Waals surface area contributed by atoms with Crippen molar-refractivity contribution in [1.82, 2.24) is 15.0 Å². The number of benzene rings is 2. The maximum absolute atomic E-state index is 13.7. The van der Waals surface area contributed by atoms with Crippen LogP contribution in [0, 0.1) is 0 Å². The maximum atomic E-state index is 13.7. The van der Waals surface area contributed by atoms with E-state index in [2.05, 4.69) is 42.0 Å². The maximum Gasteiger partial charge on any atom is 0.260 e. The Bertz CT molecular complexity index is 1370. The van der Waals surface area contributed by atoms with Crippen molar-refractivity contribution in [2.45, 2.75) is 26.3 Å². The zero-order valence-corrected chi connectivity index (χ0v) is 18.8. The van der Waals surface area contributed by atoms with Gasteiger partial charge < -0.3 is 0 Å². The van der Waals surface area contributed by atoms with Crippen LogP contribution in [0.25, 0.3) is 20.4 Å². The average molecular weight is 445 g/mol. The first-order chi connectivity index (χ1) is 15.1. The molecule has 0 fully saturated rings. The summed E-state index contributed by atoms with van der Waals surface area (Å²) in [6, 6.07) is 17.6. The summed E-state index contributed by atoms with van der Waals surface area (Å²) in [4.78, 5) is 29.1. The van der Waals surface area contributed by atoms with E-state index in [1.165, 1.54) is 16.9 Å². The van der Waals surface area contributed by atoms with Crippen LogP contribution in [0.2, 0.25) is 0 Å². The molecule has 0 atom stereocenters. The highest BCUT2D eigenvalue weighted by atomic mass is 32.1. The van der Waals surface area contributed by atoms with E-state index in [9.17, 15) is 4.79 Å². The van der Waals surface area contributed by atoms with Crippen LogP contribution >= 0.6 is 22.7 Å². The van der Waals surface area contributed by atoms with Crippen molar-refractivity contribution in [2.75, 3.05) is 4.90 Å². The monoisotopic (exact) mass is 444 g/mol. The predicted molar refractivity (Wildman–Crippen MR) is 128 cm³/mol. The molecule has 3 aromatic heterocycles. The minimum Gasteiger partial charge on any atom is -0.278 e. The number of rotatable bonds is 5. The van der Waals surface area contributed by atoms with Gasteiger partial charge in [-0.3, -0.25) is 14.7 Å². The lowest BCUT2D eigenvalue weighted by Crippen LogP contribution is -2.30.